The average Bonchev–Trinajstić information content (AvgIpc) is 3.01. The van der Waals surface area contributed by atoms with Crippen LogP contribution >= 0.6 is 0 Å². The van der Waals surface area contributed by atoms with Crippen molar-refractivity contribution in [1.82, 2.24) is 20.0 Å². The number of hydrogen-bond acceptors (Lipinski definition) is 8. The van der Waals surface area contributed by atoms with Crippen LogP contribution in [0, 0.1) is 11.8 Å². The van der Waals surface area contributed by atoms with E-state index in [0.717, 1.165) is 24.9 Å². The molecule has 0 radical (unpaired) electrons. The van der Waals surface area contributed by atoms with Gasteiger partial charge in [-0.05, 0) is 68.0 Å². The molecule has 10 nitrogen and oxygen atoms in total. The zero-order valence-electron chi connectivity index (χ0n) is 24.2. The van der Waals surface area contributed by atoms with Crippen LogP contribution in [0.2, 0.25) is 0 Å². The van der Waals surface area contributed by atoms with E-state index in [1.165, 1.54) is 6.07 Å². The predicted octanol–water partition coefficient (Wildman–Crippen LogP) is 3.95. The molecule has 1 aromatic carbocycles. The summed E-state index contributed by atoms with van der Waals surface area (Å²) in [6, 6.07) is 12.7. The first-order valence-corrected chi connectivity index (χ1v) is 16.0. The lowest BCUT2D eigenvalue weighted by Crippen LogP contribution is -2.50. The van der Waals surface area contributed by atoms with E-state index >= 15 is 0 Å². The number of Topliss-reactive ketones (excluding diaryl/α,β-unsaturated/α-hetero) is 1. The van der Waals surface area contributed by atoms with E-state index in [1.807, 2.05) is 6.07 Å². The molecule has 1 aliphatic rings. The third-order valence-corrected chi connectivity index (χ3v) is 9.32. The lowest BCUT2D eigenvalue weighted by molar-refractivity contribution is -0.127. The van der Waals surface area contributed by atoms with E-state index in [0.29, 0.717) is 42.9 Å². The van der Waals surface area contributed by atoms with E-state index in [1.54, 1.807) is 55.7 Å². The Morgan fingerprint density at radius 2 is 1.93 bits per heavy atom. The number of sulfonamides is 1. The van der Waals surface area contributed by atoms with Gasteiger partial charge in [-0.15, -0.1) is 0 Å². The van der Waals surface area contributed by atoms with E-state index in [-0.39, 0.29) is 40.5 Å². The minimum atomic E-state index is -4.25. The monoisotopic (exact) mass is 592 g/mol. The van der Waals surface area contributed by atoms with Crippen molar-refractivity contribution in [2.75, 3.05) is 24.1 Å². The van der Waals surface area contributed by atoms with E-state index in [9.17, 15) is 18.0 Å². The number of nitrogens with two attached hydrogens (primary N) is 1. The first-order chi connectivity index (χ1) is 20.2. The number of ketones is 1. The molecular weight excluding hydrogens is 552 g/mol. The van der Waals surface area contributed by atoms with Crippen molar-refractivity contribution in [3.8, 4) is 11.3 Å². The Balaban J connectivity index is 1.67. The SMILES string of the molecule is CCC(=O)Nc1c(-c2ccccn2)cccc1S(=O)(=O)N[C@@H](CCCc1ccc(N)nc1)C(=O)C1CNCCC1CC. The van der Waals surface area contributed by atoms with Crippen LogP contribution in [0.15, 0.2) is 65.8 Å². The molecule has 1 fully saturated rings. The Morgan fingerprint density at radius 3 is 2.62 bits per heavy atom. The lowest BCUT2D eigenvalue weighted by atomic mass is 9.79. The molecule has 1 aliphatic heterocycles. The van der Waals surface area contributed by atoms with Crippen molar-refractivity contribution in [3.63, 3.8) is 0 Å². The van der Waals surface area contributed by atoms with Gasteiger partial charge < -0.3 is 16.4 Å². The van der Waals surface area contributed by atoms with Gasteiger partial charge in [-0.1, -0.05) is 44.5 Å². The molecule has 4 rings (SSSR count). The summed E-state index contributed by atoms with van der Waals surface area (Å²) in [6.07, 6.45) is 6.66. The van der Waals surface area contributed by atoms with Crippen LogP contribution in [0.5, 0.6) is 0 Å². The maximum absolute atomic E-state index is 14.1. The van der Waals surface area contributed by atoms with Crippen molar-refractivity contribution >= 4 is 33.2 Å². The number of nitrogens with one attached hydrogen (secondary N) is 3. The van der Waals surface area contributed by atoms with Crippen molar-refractivity contribution < 1.29 is 18.0 Å². The first-order valence-electron chi connectivity index (χ1n) is 14.5. The third-order valence-electron chi connectivity index (χ3n) is 7.80. The molecule has 1 saturated heterocycles. The summed E-state index contributed by atoms with van der Waals surface area (Å²) in [6.45, 7) is 5.11. The number of pyridine rings is 2. The number of nitrogen functional groups attached to an aromatic ring is 1. The van der Waals surface area contributed by atoms with Crippen molar-refractivity contribution in [1.29, 1.82) is 0 Å². The standard InChI is InChI=1S/C31H40N6O4S/c1-3-22-16-18-33-20-24(22)31(39)26(12-7-9-21-14-15-28(32)35-19-21)37-42(40,41)27-13-8-10-23(25-11-5-6-17-34-25)30(27)36-29(38)4-2/h5-6,8,10-11,13-15,17,19,22,24,26,33,37H,3-4,7,9,12,16,18,20H2,1-2H3,(H2,32,35)(H,36,38)/t22?,24?,26-/m0/s1. The van der Waals surface area contributed by atoms with Crippen LogP contribution in [0.3, 0.4) is 0 Å². The molecule has 11 heteroatoms. The number of aryl methyl sites for hydroxylation is 1. The number of aromatic nitrogens is 2. The maximum Gasteiger partial charge on any atom is 0.243 e. The van der Waals surface area contributed by atoms with Gasteiger partial charge in [-0.3, -0.25) is 14.6 Å². The highest BCUT2D eigenvalue weighted by atomic mass is 32.2. The second kappa shape index (κ2) is 14.5. The van der Waals surface area contributed by atoms with Crippen LogP contribution in [0.25, 0.3) is 11.3 Å². The first kappa shape index (κ1) is 31.3. The van der Waals surface area contributed by atoms with Crippen molar-refractivity contribution in [3.05, 3.63) is 66.5 Å². The van der Waals surface area contributed by atoms with E-state index in [2.05, 4.69) is 32.2 Å². The van der Waals surface area contributed by atoms with Gasteiger partial charge in [0, 0.05) is 36.8 Å². The third kappa shape index (κ3) is 7.78. The number of hydrogen-bond donors (Lipinski definition) is 4. The number of nitrogens with zero attached hydrogens (tertiary/aromatic N) is 2. The molecule has 1 amide bonds. The molecule has 0 spiro atoms. The number of carbonyl (C=O) groups excluding carboxylic acids is 2. The lowest BCUT2D eigenvalue weighted by Gasteiger charge is -2.33. The van der Waals surface area contributed by atoms with Crippen molar-refractivity contribution in [2.24, 2.45) is 11.8 Å². The average molecular weight is 593 g/mol. The van der Waals surface area contributed by atoms with Gasteiger partial charge in [0.2, 0.25) is 15.9 Å². The number of piperidine rings is 1. The molecule has 2 unspecified atom stereocenters. The Bertz CT molecular complexity index is 1460. The highest BCUT2D eigenvalue weighted by Gasteiger charge is 2.36. The van der Waals surface area contributed by atoms with Gasteiger partial charge >= 0.3 is 0 Å². The quantitative estimate of drug-likeness (QED) is 0.232. The minimum Gasteiger partial charge on any atom is -0.384 e. The summed E-state index contributed by atoms with van der Waals surface area (Å²) >= 11 is 0. The molecular formula is C31H40N6O4S. The summed E-state index contributed by atoms with van der Waals surface area (Å²) in [7, 11) is -4.25. The van der Waals surface area contributed by atoms with Crippen LogP contribution in [0.4, 0.5) is 11.5 Å². The molecule has 2 aromatic heterocycles. The molecule has 0 saturated carbocycles. The number of carbonyl (C=O) groups is 2. The molecule has 5 N–H and O–H groups in total. The van der Waals surface area contributed by atoms with Gasteiger partial charge in [0.05, 0.1) is 17.4 Å². The number of rotatable bonds is 13. The van der Waals surface area contributed by atoms with Crippen LogP contribution in [-0.2, 0) is 26.0 Å². The second-order valence-electron chi connectivity index (χ2n) is 10.6. The Hall–Kier alpha value is -3.67. The largest absolute Gasteiger partial charge is 0.384 e. The molecule has 0 bridgehead atoms. The fourth-order valence-corrected chi connectivity index (χ4v) is 6.87. The summed E-state index contributed by atoms with van der Waals surface area (Å²) in [5, 5.41) is 6.08. The van der Waals surface area contributed by atoms with Gasteiger partial charge in [-0.2, -0.15) is 0 Å². The fourth-order valence-electron chi connectivity index (χ4n) is 5.44. The van der Waals surface area contributed by atoms with E-state index in [4.69, 9.17) is 5.73 Å². The highest BCUT2D eigenvalue weighted by molar-refractivity contribution is 7.89. The summed E-state index contributed by atoms with van der Waals surface area (Å²) in [5.41, 5.74) is 7.79. The Morgan fingerprint density at radius 1 is 1.10 bits per heavy atom. The molecule has 3 heterocycles. The van der Waals surface area contributed by atoms with E-state index < -0.39 is 16.1 Å². The zero-order valence-corrected chi connectivity index (χ0v) is 25.0. The number of anilines is 2. The number of para-hydroxylation sites is 1. The fraction of sp³-hybridized carbons (Fsp3) is 0.419. The Labute approximate surface area is 248 Å². The predicted molar refractivity (Wildman–Crippen MR) is 164 cm³/mol. The van der Waals surface area contributed by atoms with Gasteiger partial charge in [0.15, 0.2) is 5.78 Å². The van der Waals surface area contributed by atoms with Crippen LogP contribution in [-0.4, -0.2) is 49.2 Å². The molecule has 224 valence electrons. The van der Waals surface area contributed by atoms with Gasteiger partial charge in [-0.25, -0.2) is 18.1 Å². The second-order valence-corrected chi connectivity index (χ2v) is 12.3. The smallest absolute Gasteiger partial charge is 0.243 e. The molecule has 0 aliphatic carbocycles. The highest BCUT2D eigenvalue weighted by Crippen LogP contribution is 2.33. The summed E-state index contributed by atoms with van der Waals surface area (Å²) in [4.78, 5) is 34.9. The normalized spacial score (nSPS) is 17.9. The number of amides is 1. The topological polar surface area (TPSA) is 156 Å². The summed E-state index contributed by atoms with van der Waals surface area (Å²) < 4.78 is 30.8. The molecule has 3 atom stereocenters. The number of benzene rings is 1. The van der Waals surface area contributed by atoms with Crippen LogP contribution < -0.4 is 21.1 Å². The molecule has 3 aromatic rings. The zero-order chi connectivity index (χ0) is 30.1. The van der Waals surface area contributed by atoms with Gasteiger partial charge in [0.1, 0.15) is 10.7 Å². The minimum absolute atomic E-state index is 0.109. The van der Waals surface area contributed by atoms with Crippen molar-refractivity contribution in [2.45, 2.75) is 63.3 Å². The molecule has 42 heavy (non-hydrogen) atoms. The maximum atomic E-state index is 14.1. The van der Waals surface area contributed by atoms with Crippen LogP contribution in [0.1, 0.15) is 51.5 Å². The van der Waals surface area contributed by atoms with Gasteiger partial charge in [0.25, 0.3) is 0 Å². The summed E-state index contributed by atoms with van der Waals surface area (Å²) in [5.74, 6) is -0.145. The Kier molecular flexibility index (Phi) is 10.8.